The highest BCUT2D eigenvalue weighted by atomic mass is 19.4. The number of hydrogen-bond acceptors (Lipinski definition) is 3. The molecule has 0 amide bonds. The minimum Gasteiger partial charge on any atom is -0.462 e. The third-order valence-electron chi connectivity index (χ3n) is 4.45. The molecule has 1 fully saturated rings. The van der Waals surface area contributed by atoms with Crippen LogP contribution in [0.25, 0.3) is 0 Å². The van der Waals surface area contributed by atoms with Gasteiger partial charge in [-0.3, -0.25) is 0 Å². The van der Waals surface area contributed by atoms with Gasteiger partial charge in [0.25, 0.3) is 0 Å². The Labute approximate surface area is 134 Å². The van der Waals surface area contributed by atoms with E-state index in [9.17, 15) is 18.0 Å². The first-order chi connectivity index (χ1) is 10.8. The van der Waals surface area contributed by atoms with Gasteiger partial charge in [-0.1, -0.05) is 13.0 Å². The number of alkyl halides is 3. The number of halogens is 3. The molecule has 1 aromatic carbocycles. The van der Waals surface area contributed by atoms with Gasteiger partial charge in [-0.25, -0.2) is 4.79 Å². The lowest BCUT2D eigenvalue weighted by atomic mass is 9.79. The number of nitrogens with one attached hydrogen (secondary N) is 1. The maximum Gasteiger partial charge on any atom is 0.416 e. The maximum atomic E-state index is 13.4. The Morgan fingerprint density at radius 3 is 2.57 bits per heavy atom. The van der Waals surface area contributed by atoms with E-state index in [1.165, 1.54) is 12.1 Å². The van der Waals surface area contributed by atoms with Gasteiger partial charge in [0.15, 0.2) is 0 Å². The largest absolute Gasteiger partial charge is 0.462 e. The molecule has 6 heteroatoms. The second-order valence-corrected chi connectivity index (χ2v) is 5.90. The Morgan fingerprint density at radius 1 is 1.35 bits per heavy atom. The number of piperidine rings is 1. The number of hydrogen-bond donors (Lipinski definition) is 1. The fraction of sp³-hybridized carbons (Fsp3) is 0.588. The number of rotatable bonds is 4. The number of esters is 1. The van der Waals surface area contributed by atoms with Crippen molar-refractivity contribution in [1.29, 1.82) is 0 Å². The third kappa shape index (κ3) is 4.25. The average molecular weight is 329 g/mol. The lowest BCUT2D eigenvalue weighted by molar-refractivity contribution is -0.138. The molecule has 1 unspecified atom stereocenters. The zero-order valence-electron chi connectivity index (χ0n) is 13.4. The van der Waals surface area contributed by atoms with Gasteiger partial charge in [0.05, 0.1) is 17.7 Å². The van der Waals surface area contributed by atoms with Crippen LogP contribution in [-0.4, -0.2) is 25.7 Å². The molecule has 0 aromatic heterocycles. The molecule has 23 heavy (non-hydrogen) atoms. The first-order valence-electron chi connectivity index (χ1n) is 7.93. The van der Waals surface area contributed by atoms with E-state index >= 15 is 0 Å². The second kappa shape index (κ2) is 7.34. The highest BCUT2D eigenvalue weighted by Gasteiger charge is 2.37. The van der Waals surface area contributed by atoms with Gasteiger partial charge in [-0.15, -0.1) is 0 Å². The van der Waals surface area contributed by atoms with Crippen LogP contribution >= 0.6 is 0 Å². The van der Waals surface area contributed by atoms with E-state index in [2.05, 4.69) is 5.32 Å². The number of ether oxygens (including phenoxy) is 1. The minimum absolute atomic E-state index is 0.0552. The summed E-state index contributed by atoms with van der Waals surface area (Å²) < 4.78 is 45.1. The van der Waals surface area contributed by atoms with Crippen LogP contribution in [0, 0.1) is 5.92 Å². The molecule has 2 rings (SSSR count). The summed E-state index contributed by atoms with van der Waals surface area (Å²) in [4.78, 5) is 11.7. The van der Waals surface area contributed by atoms with Crippen LogP contribution in [-0.2, 0) is 10.9 Å². The van der Waals surface area contributed by atoms with Crippen LogP contribution in [0.15, 0.2) is 18.2 Å². The highest BCUT2D eigenvalue weighted by Crippen LogP contribution is 2.40. The molecule has 0 spiro atoms. The second-order valence-electron chi connectivity index (χ2n) is 5.90. The molecule has 1 aliphatic heterocycles. The molecule has 0 bridgehead atoms. The highest BCUT2D eigenvalue weighted by molar-refractivity contribution is 5.89. The molecular formula is C17H22F3NO2. The summed E-state index contributed by atoms with van der Waals surface area (Å²) in [5, 5.41) is 3.22. The predicted molar refractivity (Wildman–Crippen MR) is 81.4 cm³/mol. The van der Waals surface area contributed by atoms with Crippen LogP contribution in [0.4, 0.5) is 13.2 Å². The van der Waals surface area contributed by atoms with Crippen molar-refractivity contribution in [3.8, 4) is 0 Å². The molecule has 1 aromatic rings. The van der Waals surface area contributed by atoms with Crippen molar-refractivity contribution >= 4 is 5.97 Å². The fourth-order valence-electron chi connectivity index (χ4n) is 3.14. The monoisotopic (exact) mass is 329 g/mol. The molecule has 0 aliphatic carbocycles. The lowest BCUT2D eigenvalue weighted by Gasteiger charge is -2.30. The van der Waals surface area contributed by atoms with Gasteiger partial charge in [0.1, 0.15) is 0 Å². The van der Waals surface area contributed by atoms with Crippen molar-refractivity contribution in [3.63, 3.8) is 0 Å². The van der Waals surface area contributed by atoms with Crippen LogP contribution in [0.2, 0.25) is 0 Å². The molecule has 0 radical (unpaired) electrons. The maximum absolute atomic E-state index is 13.4. The van der Waals surface area contributed by atoms with Gasteiger partial charge in [0, 0.05) is 0 Å². The SMILES string of the molecule is CCOC(=O)c1ccc(C(C)C2CCNCC2)c(C(F)(F)F)c1. The summed E-state index contributed by atoms with van der Waals surface area (Å²) in [6, 6.07) is 3.78. The Balaban J connectivity index is 2.36. The number of carbonyl (C=O) groups excluding carboxylic acids is 1. The Bertz CT molecular complexity index is 551. The molecule has 128 valence electrons. The molecular weight excluding hydrogens is 307 g/mol. The minimum atomic E-state index is -4.49. The quantitative estimate of drug-likeness (QED) is 0.849. The standard InChI is InChI=1S/C17H22F3NO2/c1-3-23-16(22)13-4-5-14(15(10-13)17(18,19)20)11(2)12-6-8-21-9-7-12/h4-5,10-12,21H,3,6-9H2,1-2H3. The van der Waals surface area contributed by atoms with E-state index < -0.39 is 17.7 Å². The van der Waals surface area contributed by atoms with Crippen molar-refractivity contribution < 1.29 is 22.7 Å². The summed E-state index contributed by atoms with van der Waals surface area (Å²) in [5.41, 5.74) is -0.521. The van der Waals surface area contributed by atoms with Gasteiger partial charge in [-0.05, 0) is 62.4 Å². The van der Waals surface area contributed by atoms with Crippen molar-refractivity contribution in [2.75, 3.05) is 19.7 Å². The van der Waals surface area contributed by atoms with Gasteiger partial charge in [-0.2, -0.15) is 13.2 Å². The van der Waals surface area contributed by atoms with Crippen LogP contribution in [0.3, 0.4) is 0 Å². The fourth-order valence-corrected chi connectivity index (χ4v) is 3.14. The smallest absolute Gasteiger partial charge is 0.416 e. The molecule has 1 saturated heterocycles. The molecule has 0 saturated carbocycles. The average Bonchev–Trinajstić information content (AvgIpc) is 2.54. The predicted octanol–water partition coefficient (Wildman–Crippen LogP) is 3.99. The zero-order chi connectivity index (χ0) is 17.0. The molecule has 1 aliphatic rings. The van der Waals surface area contributed by atoms with Crippen LogP contribution < -0.4 is 5.32 Å². The van der Waals surface area contributed by atoms with Gasteiger partial charge in [0.2, 0.25) is 0 Å². The van der Waals surface area contributed by atoms with Crippen molar-refractivity contribution in [2.45, 2.75) is 38.8 Å². The van der Waals surface area contributed by atoms with E-state index in [1.54, 1.807) is 6.92 Å². The van der Waals surface area contributed by atoms with E-state index in [4.69, 9.17) is 4.74 Å². The Morgan fingerprint density at radius 2 is 2.00 bits per heavy atom. The zero-order valence-corrected chi connectivity index (χ0v) is 13.4. The summed E-state index contributed by atoms with van der Waals surface area (Å²) in [6.45, 7) is 5.25. The molecule has 1 N–H and O–H groups in total. The normalized spacial score (nSPS) is 17.8. The third-order valence-corrected chi connectivity index (χ3v) is 4.45. The van der Waals surface area contributed by atoms with Crippen LogP contribution in [0.1, 0.15) is 54.1 Å². The topological polar surface area (TPSA) is 38.3 Å². The summed E-state index contributed by atoms with van der Waals surface area (Å²) in [6.07, 6.45) is -2.77. The summed E-state index contributed by atoms with van der Waals surface area (Å²) in [5.74, 6) is -0.713. The van der Waals surface area contributed by atoms with Gasteiger partial charge < -0.3 is 10.1 Å². The van der Waals surface area contributed by atoms with Crippen molar-refractivity contribution in [3.05, 3.63) is 34.9 Å². The molecule has 1 atom stereocenters. The Hall–Kier alpha value is -1.56. The van der Waals surface area contributed by atoms with Gasteiger partial charge >= 0.3 is 12.1 Å². The first-order valence-corrected chi connectivity index (χ1v) is 7.93. The van der Waals surface area contributed by atoms with E-state index in [1.807, 2.05) is 6.92 Å². The van der Waals surface area contributed by atoms with Crippen molar-refractivity contribution in [1.82, 2.24) is 5.32 Å². The van der Waals surface area contributed by atoms with E-state index in [0.717, 1.165) is 32.0 Å². The van der Waals surface area contributed by atoms with E-state index in [-0.39, 0.29) is 29.6 Å². The summed E-state index contributed by atoms with van der Waals surface area (Å²) >= 11 is 0. The Kier molecular flexibility index (Phi) is 5.68. The lowest BCUT2D eigenvalue weighted by Crippen LogP contribution is -2.30. The van der Waals surface area contributed by atoms with E-state index in [0.29, 0.717) is 0 Å². The first kappa shape index (κ1) is 17.8. The summed E-state index contributed by atoms with van der Waals surface area (Å²) in [7, 11) is 0. The number of carbonyl (C=O) groups is 1. The van der Waals surface area contributed by atoms with Crippen molar-refractivity contribution in [2.24, 2.45) is 5.92 Å². The molecule has 1 heterocycles. The van der Waals surface area contributed by atoms with Crippen LogP contribution in [0.5, 0.6) is 0 Å². The number of benzene rings is 1. The molecule has 3 nitrogen and oxygen atoms in total.